The van der Waals surface area contributed by atoms with Crippen LogP contribution < -0.4 is 5.32 Å². The molecule has 0 aromatic heterocycles. The van der Waals surface area contributed by atoms with Gasteiger partial charge in [-0.3, -0.25) is 9.59 Å². The van der Waals surface area contributed by atoms with Crippen LogP contribution in [0.2, 0.25) is 15.1 Å². The van der Waals surface area contributed by atoms with Crippen LogP contribution in [-0.4, -0.2) is 34.6 Å². The molecule has 0 aliphatic rings. The molecule has 202 valence electrons. The van der Waals surface area contributed by atoms with Crippen LogP contribution in [0.3, 0.4) is 0 Å². The molecule has 2 unspecified atom stereocenters. The van der Waals surface area contributed by atoms with Crippen molar-refractivity contribution in [3.8, 4) is 0 Å². The fourth-order valence-electron chi connectivity index (χ4n) is 3.82. The second-order valence-corrected chi connectivity index (χ2v) is 11.2. The minimum Gasteiger partial charge on any atom is -0.352 e. The van der Waals surface area contributed by atoms with Crippen molar-refractivity contribution >= 4 is 58.4 Å². The van der Waals surface area contributed by atoms with Crippen LogP contribution in [0.15, 0.2) is 66.7 Å². The maximum absolute atomic E-state index is 14.3. The molecule has 3 aromatic carbocycles. The second-order valence-electron chi connectivity index (χ2n) is 8.97. The van der Waals surface area contributed by atoms with Crippen molar-refractivity contribution in [2.24, 2.45) is 0 Å². The minimum atomic E-state index is -0.789. The van der Waals surface area contributed by atoms with Gasteiger partial charge in [0.25, 0.3) is 0 Å². The van der Waals surface area contributed by atoms with E-state index in [0.29, 0.717) is 32.6 Å². The Hall–Kier alpha value is -2.25. The Balaban J connectivity index is 1.91. The van der Waals surface area contributed by atoms with Crippen LogP contribution in [0.25, 0.3) is 0 Å². The largest absolute Gasteiger partial charge is 0.352 e. The van der Waals surface area contributed by atoms with Crippen molar-refractivity contribution in [1.82, 2.24) is 10.2 Å². The normalized spacial score (nSPS) is 12.6. The molecule has 0 bridgehead atoms. The van der Waals surface area contributed by atoms with E-state index in [9.17, 15) is 14.0 Å². The Morgan fingerprint density at radius 1 is 1.00 bits per heavy atom. The maximum atomic E-state index is 14.3. The zero-order chi connectivity index (χ0) is 27.7. The quantitative estimate of drug-likeness (QED) is 0.235. The van der Waals surface area contributed by atoms with Gasteiger partial charge in [0.2, 0.25) is 11.8 Å². The Labute approximate surface area is 242 Å². The van der Waals surface area contributed by atoms with Crippen molar-refractivity contribution in [3.05, 3.63) is 104 Å². The Morgan fingerprint density at radius 3 is 2.39 bits per heavy atom. The van der Waals surface area contributed by atoms with Crippen LogP contribution in [0.1, 0.15) is 37.0 Å². The number of nitrogens with one attached hydrogen (secondary N) is 1. The average Bonchev–Trinajstić information content (AvgIpc) is 2.89. The molecule has 0 saturated heterocycles. The minimum absolute atomic E-state index is 0.0256. The van der Waals surface area contributed by atoms with Gasteiger partial charge in [0.15, 0.2) is 0 Å². The zero-order valence-electron chi connectivity index (χ0n) is 21.2. The molecule has 2 atom stereocenters. The molecule has 0 fully saturated rings. The highest BCUT2D eigenvalue weighted by molar-refractivity contribution is 7.99. The number of hydrogen-bond donors (Lipinski definition) is 1. The predicted molar refractivity (Wildman–Crippen MR) is 156 cm³/mol. The maximum Gasteiger partial charge on any atom is 0.243 e. The summed E-state index contributed by atoms with van der Waals surface area (Å²) < 4.78 is 14.3. The summed E-state index contributed by atoms with van der Waals surface area (Å²) in [5, 5.41) is 4.22. The van der Waals surface area contributed by atoms with Crippen LogP contribution in [0.5, 0.6) is 0 Å². The summed E-state index contributed by atoms with van der Waals surface area (Å²) in [6, 6.07) is 18.3. The monoisotopic (exact) mass is 594 g/mol. The molecule has 0 spiro atoms. The molecular weight excluding hydrogens is 566 g/mol. The first-order valence-electron chi connectivity index (χ1n) is 12.3. The van der Waals surface area contributed by atoms with Crippen LogP contribution >= 0.6 is 46.6 Å². The number of rotatable bonds is 12. The summed E-state index contributed by atoms with van der Waals surface area (Å²) >= 11 is 20.0. The third-order valence-corrected chi connectivity index (χ3v) is 8.05. The average molecular weight is 596 g/mol. The lowest BCUT2D eigenvalue weighted by atomic mass is 10.0. The number of carbonyl (C=O) groups is 2. The third kappa shape index (κ3) is 8.63. The number of amides is 2. The van der Waals surface area contributed by atoms with Gasteiger partial charge in [-0.25, -0.2) is 4.39 Å². The molecule has 0 aliphatic carbocycles. The molecule has 1 N–H and O–H groups in total. The van der Waals surface area contributed by atoms with Crippen LogP contribution in [0.4, 0.5) is 4.39 Å². The molecule has 3 aromatic rings. The van der Waals surface area contributed by atoms with Crippen molar-refractivity contribution < 1.29 is 14.0 Å². The highest BCUT2D eigenvalue weighted by atomic mass is 35.5. The lowest BCUT2D eigenvalue weighted by Crippen LogP contribution is -2.52. The van der Waals surface area contributed by atoms with E-state index < -0.39 is 11.9 Å². The lowest BCUT2D eigenvalue weighted by molar-refractivity contribution is -0.139. The van der Waals surface area contributed by atoms with Crippen molar-refractivity contribution in [3.63, 3.8) is 0 Å². The Bertz CT molecular complexity index is 1230. The van der Waals surface area contributed by atoms with Gasteiger partial charge in [0.1, 0.15) is 11.9 Å². The molecule has 0 aliphatic heterocycles. The van der Waals surface area contributed by atoms with Gasteiger partial charge in [-0.15, -0.1) is 11.8 Å². The van der Waals surface area contributed by atoms with E-state index >= 15 is 0 Å². The predicted octanol–water partition coefficient (Wildman–Crippen LogP) is 7.57. The highest BCUT2D eigenvalue weighted by Gasteiger charge is 2.31. The molecule has 9 heteroatoms. The number of carbonyl (C=O) groups excluding carboxylic acids is 2. The summed E-state index contributed by atoms with van der Waals surface area (Å²) in [6.07, 6.45) is 1.07. The molecule has 38 heavy (non-hydrogen) atoms. The van der Waals surface area contributed by atoms with E-state index in [2.05, 4.69) is 5.32 Å². The SMILES string of the molecule is CCC(C)NC(=O)C(Cc1ccccc1)N(Cc1ccc(Cl)cc1Cl)C(=O)CSCc1c(F)cccc1Cl. The Kier molecular flexibility index (Phi) is 11.8. The number of hydrogen-bond acceptors (Lipinski definition) is 3. The van der Waals surface area contributed by atoms with E-state index in [-0.39, 0.29) is 35.9 Å². The molecular formula is C29H30Cl3FN2O2S. The smallest absolute Gasteiger partial charge is 0.243 e. The van der Waals surface area contributed by atoms with Crippen LogP contribution in [0, 0.1) is 5.82 Å². The first kappa shape index (κ1) is 30.3. The first-order chi connectivity index (χ1) is 18.2. The highest BCUT2D eigenvalue weighted by Crippen LogP contribution is 2.27. The molecule has 0 radical (unpaired) electrons. The molecule has 0 saturated carbocycles. The first-order valence-corrected chi connectivity index (χ1v) is 14.6. The molecule has 0 heterocycles. The number of benzene rings is 3. The van der Waals surface area contributed by atoms with Gasteiger partial charge in [-0.2, -0.15) is 0 Å². The number of thioether (sulfide) groups is 1. The fraction of sp³-hybridized carbons (Fsp3) is 0.310. The van der Waals surface area contributed by atoms with E-state index in [1.807, 2.05) is 44.2 Å². The topological polar surface area (TPSA) is 49.4 Å². The summed E-state index contributed by atoms with van der Waals surface area (Å²) in [6.45, 7) is 4.02. The van der Waals surface area contributed by atoms with E-state index in [1.54, 1.807) is 35.2 Å². The molecule has 2 amide bonds. The fourth-order valence-corrected chi connectivity index (χ4v) is 5.54. The van der Waals surface area contributed by atoms with Crippen molar-refractivity contribution in [2.45, 2.75) is 51.1 Å². The van der Waals surface area contributed by atoms with E-state index in [4.69, 9.17) is 34.8 Å². The summed E-state index contributed by atoms with van der Waals surface area (Å²) in [5.74, 6) is -0.692. The second kappa shape index (κ2) is 14.8. The van der Waals surface area contributed by atoms with Crippen molar-refractivity contribution in [2.75, 3.05) is 5.75 Å². The summed E-state index contributed by atoms with van der Waals surface area (Å²) in [5.41, 5.74) is 1.93. The van der Waals surface area contributed by atoms with Gasteiger partial charge in [0.05, 0.1) is 5.75 Å². The molecule has 3 rings (SSSR count). The van der Waals surface area contributed by atoms with E-state index in [0.717, 1.165) is 12.0 Å². The summed E-state index contributed by atoms with van der Waals surface area (Å²) in [4.78, 5) is 28.8. The zero-order valence-corrected chi connectivity index (χ0v) is 24.3. The van der Waals surface area contributed by atoms with Crippen molar-refractivity contribution in [1.29, 1.82) is 0 Å². The van der Waals surface area contributed by atoms with Gasteiger partial charge in [-0.05, 0) is 48.7 Å². The van der Waals surface area contributed by atoms with E-state index in [1.165, 1.54) is 17.8 Å². The number of nitrogens with zero attached hydrogens (tertiary/aromatic N) is 1. The van der Waals surface area contributed by atoms with Crippen LogP contribution in [-0.2, 0) is 28.3 Å². The standard InChI is InChI=1S/C29H30Cl3FN2O2S/c1-3-19(2)34-29(37)27(14-20-8-5-4-6-9-20)35(16-21-12-13-22(30)15-25(21)32)28(36)18-38-17-23-24(31)10-7-11-26(23)33/h4-13,15,19,27H,3,14,16-18H2,1-2H3,(H,34,37). The molecule has 4 nitrogen and oxygen atoms in total. The lowest BCUT2D eigenvalue weighted by Gasteiger charge is -2.32. The van der Waals surface area contributed by atoms with Gasteiger partial charge in [-0.1, -0.05) is 84.2 Å². The van der Waals surface area contributed by atoms with Gasteiger partial charge < -0.3 is 10.2 Å². The van der Waals surface area contributed by atoms with Gasteiger partial charge >= 0.3 is 0 Å². The summed E-state index contributed by atoms with van der Waals surface area (Å²) in [7, 11) is 0. The number of halogens is 4. The van der Waals surface area contributed by atoms with Gasteiger partial charge in [0, 0.05) is 45.4 Å². The Morgan fingerprint density at radius 2 is 1.74 bits per heavy atom. The third-order valence-electron chi connectivity index (χ3n) is 6.16.